The average Bonchev–Trinajstić information content (AvgIpc) is 2.89. The summed E-state index contributed by atoms with van der Waals surface area (Å²) in [7, 11) is 0. The van der Waals surface area contributed by atoms with E-state index in [2.05, 4.69) is 9.55 Å². The predicted molar refractivity (Wildman–Crippen MR) is 62.9 cm³/mol. The third-order valence-corrected chi connectivity index (χ3v) is 3.06. The molecule has 3 rings (SSSR count). The molecule has 0 amide bonds. The zero-order valence-electron chi connectivity index (χ0n) is 9.26. The van der Waals surface area contributed by atoms with Crippen LogP contribution in [0.25, 0.3) is 11.3 Å². The first-order valence-corrected chi connectivity index (χ1v) is 5.64. The zero-order chi connectivity index (χ0) is 11.8. The number of carboxylic acids is 1. The maximum absolute atomic E-state index is 10.9. The molecule has 0 radical (unpaired) electrons. The number of imidazole rings is 1. The maximum Gasteiger partial charge on any atom is 0.335 e. The third kappa shape index (κ3) is 1.71. The Labute approximate surface area is 98.5 Å². The van der Waals surface area contributed by atoms with Gasteiger partial charge < -0.3 is 9.67 Å². The summed E-state index contributed by atoms with van der Waals surface area (Å²) in [5, 5.41) is 8.95. The highest BCUT2D eigenvalue weighted by Gasteiger charge is 2.15. The van der Waals surface area contributed by atoms with Crippen molar-refractivity contribution in [2.24, 2.45) is 0 Å². The smallest absolute Gasteiger partial charge is 0.335 e. The first-order valence-electron chi connectivity index (χ1n) is 5.64. The summed E-state index contributed by atoms with van der Waals surface area (Å²) < 4.78 is 2.14. The van der Waals surface area contributed by atoms with Gasteiger partial charge in [-0.15, -0.1) is 0 Å². The molecule has 4 heteroatoms. The number of hydrogen-bond donors (Lipinski definition) is 1. The molecule has 0 saturated carbocycles. The standard InChI is InChI=1S/C13H12N2O2/c16-13(17)10-4-1-3-9(7-10)11-8-15-6-2-5-12(15)14-11/h1,3-4,7-8H,2,5-6H2,(H,16,17). The minimum absolute atomic E-state index is 0.302. The summed E-state index contributed by atoms with van der Waals surface area (Å²) in [6.45, 7) is 1.01. The van der Waals surface area contributed by atoms with E-state index in [1.165, 1.54) is 0 Å². The fourth-order valence-corrected chi connectivity index (χ4v) is 2.21. The molecule has 0 atom stereocenters. The van der Waals surface area contributed by atoms with Crippen LogP contribution in [-0.2, 0) is 13.0 Å². The minimum atomic E-state index is -0.904. The predicted octanol–water partition coefficient (Wildman–Crippen LogP) is 2.19. The average molecular weight is 228 g/mol. The number of carboxylic acid groups (broad SMARTS) is 1. The van der Waals surface area contributed by atoms with E-state index < -0.39 is 5.97 Å². The molecule has 0 aliphatic carbocycles. The van der Waals surface area contributed by atoms with Gasteiger partial charge in [0.25, 0.3) is 0 Å². The van der Waals surface area contributed by atoms with Crippen molar-refractivity contribution in [2.75, 3.05) is 0 Å². The van der Waals surface area contributed by atoms with Crippen LogP contribution < -0.4 is 0 Å². The summed E-state index contributed by atoms with van der Waals surface area (Å²) in [5.74, 6) is 0.194. The van der Waals surface area contributed by atoms with E-state index in [0.717, 1.165) is 36.5 Å². The fraction of sp³-hybridized carbons (Fsp3) is 0.231. The van der Waals surface area contributed by atoms with E-state index in [4.69, 9.17) is 5.11 Å². The highest BCUT2D eigenvalue weighted by Crippen LogP contribution is 2.23. The Kier molecular flexibility index (Phi) is 2.21. The summed E-state index contributed by atoms with van der Waals surface area (Å²) in [6, 6.07) is 6.91. The summed E-state index contributed by atoms with van der Waals surface area (Å²) in [6.07, 6.45) is 4.17. The van der Waals surface area contributed by atoms with Gasteiger partial charge in [-0.25, -0.2) is 9.78 Å². The van der Waals surface area contributed by atoms with Gasteiger partial charge in [0.15, 0.2) is 0 Å². The van der Waals surface area contributed by atoms with Crippen LogP contribution >= 0.6 is 0 Å². The van der Waals surface area contributed by atoms with E-state index in [1.807, 2.05) is 12.3 Å². The molecule has 17 heavy (non-hydrogen) atoms. The Bertz CT molecular complexity index is 565. The van der Waals surface area contributed by atoms with Gasteiger partial charge in [0.1, 0.15) is 5.82 Å². The van der Waals surface area contributed by atoms with Gasteiger partial charge in [-0.3, -0.25) is 0 Å². The van der Waals surface area contributed by atoms with Gasteiger partial charge >= 0.3 is 5.97 Å². The Hall–Kier alpha value is -2.10. The quantitative estimate of drug-likeness (QED) is 0.857. The molecule has 1 aliphatic heterocycles. The molecule has 86 valence electrons. The van der Waals surface area contributed by atoms with Gasteiger partial charge in [-0.05, 0) is 18.6 Å². The molecule has 4 nitrogen and oxygen atoms in total. The highest BCUT2D eigenvalue weighted by molar-refractivity contribution is 5.89. The van der Waals surface area contributed by atoms with Crippen molar-refractivity contribution in [1.29, 1.82) is 0 Å². The molecule has 0 bridgehead atoms. The number of hydrogen-bond acceptors (Lipinski definition) is 2. The molecule has 0 saturated heterocycles. The van der Waals surface area contributed by atoms with Crippen molar-refractivity contribution in [1.82, 2.24) is 9.55 Å². The SMILES string of the molecule is O=C(O)c1cccc(-c2cn3c(n2)CCC3)c1. The minimum Gasteiger partial charge on any atom is -0.478 e. The zero-order valence-corrected chi connectivity index (χ0v) is 9.26. The lowest BCUT2D eigenvalue weighted by Gasteiger charge is -1.99. The summed E-state index contributed by atoms with van der Waals surface area (Å²) in [5.41, 5.74) is 2.03. The van der Waals surface area contributed by atoms with E-state index in [0.29, 0.717) is 5.56 Å². The molecular weight excluding hydrogens is 216 g/mol. The van der Waals surface area contributed by atoms with Gasteiger partial charge in [-0.2, -0.15) is 0 Å². The number of rotatable bonds is 2. The molecule has 0 unspecified atom stereocenters. The van der Waals surface area contributed by atoms with Crippen molar-refractivity contribution in [2.45, 2.75) is 19.4 Å². The molecule has 1 N–H and O–H groups in total. The molecule has 0 fully saturated rings. The molecule has 1 aromatic carbocycles. The molecular formula is C13H12N2O2. The monoisotopic (exact) mass is 228 g/mol. The second kappa shape index (κ2) is 3.73. The Balaban J connectivity index is 2.03. The molecule has 2 aromatic rings. The van der Waals surface area contributed by atoms with Gasteiger partial charge in [0, 0.05) is 24.7 Å². The van der Waals surface area contributed by atoms with Crippen LogP contribution in [0.4, 0.5) is 0 Å². The molecule has 2 heterocycles. The lowest BCUT2D eigenvalue weighted by Crippen LogP contribution is -1.95. The van der Waals surface area contributed by atoms with Crippen molar-refractivity contribution in [3.8, 4) is 11.3 Å². The van der Waals surface area contributed by atoms with Crippen LogP contribution in [-0.4, -0.2) is 20.6 Å². The number of aryl methyl sites for hydroxylation is 2. The second-order valence-electron chi connectivity index (χ2n) is 4.23. The topological polar surface area (TPSA) is 55.1 Å². The third-order valence-electron chi connectivity index (χ3n) is 3.06. The summed E-state index contributed by atoms with van der Waals surface area (Å²) in [4.78, 5) is 15.4. The van der Waals surface area contributed by atoms with E-state index in [9.17, 15) is 4.79 Å². The second-order valence-corrected chi connectivity index (χ2v) is 4.23. The van der Waals surface area contributed by atoms with Crippen LogP contribution in [0.3, 0.4) is 0 Å². The lowest BCUT2D eigenvalue weighted by atomic mass is 10.1. The normalized spacial score (nSPS) is 13.6. The van der Waals surface area contributed by atoms with E-state index in [-0.39, 0.29) is 0 Å². The Morgan fingerprint density at radius 2 is 2.29 bits per heavy atom. The molecule has 0 spiro atoms. The summed E-state index contributed by atoms with van der Waals surface area (Å²) >= 11 is 0. The van der Waals surface area contributed by atoms with Crippen LogP contribution in [0, 0.1) is 0 Å². The van der Waals surface area contributed by atoms with Crippen LogP contribution in [0.5, 0.6) is 0 Å². The number of nitrogens with zero attached hydrogens (tertiary/aromatic N) is 2. The number of aromatic nitrogens is 2. The van der Waals surface area contributed by atoms with Crippen LogP contribution in [0.15, 0.2) is 30.5 Å². The lowest BCUT2D eigenvalue weighted by molar-refractivity contribution is 0.0697. The van der Waals surface area contributed by atoms with Crippen molar-refractivity contribution >= 4 is 5.97 Å². The number of benzene rings is 1. The Morgan fingerprint density at radius 1 is 1.41 bits per heavy atom. The van der Waals surface area contributed by atoms with Crippen molar-refractivity contribution in [3.05, 3.63) is 41.9 Å². The highest BCUT2D eigenvalue weighted by atomic mass is 16.4. The number of carbonyl (C=O) groups is 1. The largest absolute Gasteiger partial charge is 0.478 e. The molecule has 1 aromatic heterocycles. The van der Waals surface area contributed by atoms with Gasteiger partial charge in [0.05, 0.1) is 11.3 Å². The first-order chi connectivity index (χ1) is 8.24. The van der Waals surface area contributed by atoms with Gasteiger partial charge in [-0.1, -0.05) is 12.1 Å². The maximum atomic E-state index is 10.9. The Morgan fingerprint density at radius 3 is 3.06 bits per heavy atom. The van der Waals surface area contributed by atoms with E-state index in [1.54, 1.807) is 18.2 Å². The van der Waals surface area contributed by atoms with Crippen molar-refractivity contribution in [3.63, 3.8) is 0 Å². The van der Waals surface area contributed by atoms with Gasteiger partial charge in [0.2, 0.25) is 0 Å². The molecule has 1 aliphatic rings. The first kappa shape index (κ1) is 10.1. The van der Waals surface area contributed by atoms with Crippen molar-refractivity contribution < 1.29 is 9.90 Å². The number of fused-ring (bicyclic) bond motifs is 1. The van der Waals surface area contributed by atoms with E-state index >= 15 is 0 Å². The fourth-order valence-electron chi connectivity index (χ4n) is 2.21. The van der Waals surface area contributed by atoms with Crippen LogP contribution in [0.2, 0.25) is 0 Å². The van der Waals surface area contributed by atoms with Crippen LogP contribution in [0.1, 0.15) is 22.6 Å². The number of aromatic carboxylic acids is 1.